The summed E-state index contributed by atoms with van der Waals surface area (Å²) in [6, 6.07) is 0. The molecule has 1 N–H and O–H groups in total. The van der Waals surface area contributed by atoms with Crippen molar-refractivity contribution in [1.29, 1.82) is 0 Å². The third kappa shape index (κ3) is 2.69. The van der Waals surface area contributed by atoms with Gasteiger partial charge in [0.15, 0.2) is 0 Å². The normalized spacial score (nSPS) is 31.3. The van der Waals surface area contributed by atoms with Gasteiger partial charge in [-0.15, -0.1) is 6.58 Å². The predicted molar refractivity (Wildman–Crippen MR) is 61.6 cm³/mol. The minimum absolute atomic E-state index is 0.149. The van der Waals surface area contributed by atoms with Crippen molar-refractivity contribution < 1.29 is 9.90 Å². The first-order valence-corrected chi connectivity index (χ1v) is 5.82. The average Bonchev–Trinajstić information content (AvgIpc) is 2.16. The van der Waals surface area contributed by atoms with E-state index in [2.05, 4.69) is 6.58 Å². The minimum atomic E-state index is -0.475. The number of carbonyl (C=O) groups excluding carboxylic acids is 1. The molecule has 0 radical (unpaired) electrons. The maximum absolute atomic E-state index is 11.8. The highest BCUT2D eigenvalue weighted by atomic mass is 16.3. The van der Waals surface area contributed by atoms with E-state index in [0.717, 1.165) is 44.1 Å². The molecule has 15 heavy (non-hydrogen) atoms. The number of carbonyl (C=O) groups is 1. The summed E-state index contributed by atoms with van der Waals surface area (Å²) in [6.07, 6.45) is 4.89. The summed E-state index contributed by atoms with van der Waals surface area (Å²) in [6.45, 7) is 7.46. The minimum Gasteiger partial charge on any atom is -0.392 e. The second-order valence-corrected chi connectivity index (χ2v) is 4.93. The lowest BCUT2D eigenvalue weighted by atomic mass is 9.66. The van der Waals surface area contributed by atoms with Crippen LogP contribution in [0.4, 0.5) is 0 Å². The fourth-order valence-electron chi connectivity index (χ4n) is 2.54. The van der Waals surface area contributed by atoms with E-state index in [0.29, 0.717) is 0 Å². The van der Waals surface area contributed by atoms with E-state index in [1.165, 1.54) is 0 Å². The van der Waals surface area contributed by atoms with Gasteiger partial charge in [0.25, 0.3) is 0 Å². The Balaban J connectivity index is 2.76. The monoisotopic (exact) mass is 210 g/mol. The predicted octanol–water partition coefficient (Wildman–Crippen LogP) is 2.85. The molecule has 2 nitrogen and oxygen atoms in total. The van der Waals surface area contributed by atoms with E-state index in [4.69, 9.17) is 0 Å². The zero-order valence-electron chi connectivity index (χ0n) is 9.88. The number of hydrogen-bond donors (Lipinski definition) is 1. The molecule has 1 aliphatic rings. The molecule has 1 rings (SSSR count). The van der Waals surface area contributed by atoms with Crippen molar-refractivity contribution in [2.24, 2.45) is 5.41 Å². The second-order valence-electron chi connectivity index (χ2n) is 4.93. The van der Waals surface area contributed by atoms with Gasteiger partial charge in [-0.05, 0) is 39.5 Å². The van der Waals surface area contributed by atoms with Gasteiger partial charge < -0.3 is 5.11 Å². The number of ketones is 1. The van der Waals surface area contributed by atoms with Crippen LogP contribution in [0.3, 0.4) is 0 Å². The lowest BCUT2D eigenvalue weighted by Gasteiger charge is -2.39. The average molecular weight is 210 g/mol. The Morgan fingerprint density at radius 2 is 2.13 bits per heavy atom. The van der Waals surface area contributed by atoms with Gasteiger partial charge in [-0.1, -0.05) is 18.4 Å². The van der Waals surface area contributed by atoms with Crippen molar-refractivity contribution in [1.82, 2.24) is 0 Å². The van der Waals surface area contributed by atoms with Crippen LogP contribution < -0.4 is 0 Å². The molecule has 0 aliphatic heterocycles. The first-order valence-electron chi connectivity index (χ1n) is 5.82. The van der Waals surface area contributed by atoms with Crippen LogP contribution in [0.5, 0.6) is 0 Å². The van der Waals surface area contributed by atoms with Crippen LogP contribution in [-0.2, 0) is 4.79 Å². The third-order valence-electron chi connectivity index (χ3n) is 3.69. The number of aliphatic hydroxyl groups is 1. The molecule has 0 bridgehead atoms. The summed E-state index contributed by atoms with van der Waals surface area (Å²) in [5, 5.41) is 10.1. The first-order chi connectivity index (χ1) is 6.99. The highest BCUT2D eigenvalue weighted by Gasteiger charge is 2.43. The molecule has 0 saturated heterocycles. The second kappa shape index (κ2) is 4.93. The van der Waals surface area contributed by atoms with Crippen LogP contribution in [0, 0.1) is 5.41 Å². The van der Waals surface area contributed by atoms with Gasteiger partial charge in [-0.3, -0.25) is 4.79 Å². The summed E-state index contributed by atoms with van der Waals surface area (Å²) >= 11 is 0. The summed E-state index contributed by atoms with van der Waals surface area (Å²) < 4.78 is 0. The Kier molecular flexibility index (Phi) is 4.09. The number of aliphatic hydroxyl groups excluding tert-OH is 1. The molecular weight excluding hydrogens is 188 g/mol. The lowest BCUT2D eigenvalue weighted by molar-refractivity contribution is -0.137. The van der Waals surface area contributed by atoms with Crippen LogP contribution in [0.1, 0.15) is 52.4 Å². The van der Waals surface area contributed by atoms with Crippen molar-refractivity contribution in [2.75, 3.05) is 0 Å². The lowest BCUT2D eigenvalue weighted by Crippen LogP contribution is -2.43. The highest BCUT2D eigenvalue weighted by Crippen LogP contribution is 2.41. The zero-order valence-corrected chi connectivity index (χ0v) is 9.88. The Labute approximate surface area is 92.4 Å². The number of rotatable bonds is 4. The fraction of sp³-hybridized carbons (Fsp3) is 0.769. The van der Waals surface area contributed by atoms with E-state index in [9.17, 15) is 9.90 Å². The van der Waals surface area contributed by atoms with Crippen molar-refractivity contribution in [2.45, 2.75) is 58.5 Å². The molecule has 2 atom stereocenters. The molecule has 1 aliphatic carbocycles. The van der Waals surface area contributed by atoms with E-state index in [1.807, 2.05) is 6.92 Å². The fourth-order valence-corrected chi connectivity index (χ4v) is 2.54. The van der Waals surface area contributed by atoms with Crippen LogP contribution in [-0.4, -0.2) is 17.0 Å². The van der Waals surface area contributed by atoms with Gasteiger partial charge in [0, 0.05) is 0 Å². The number of hydrogen-bond acceptors (Lipinski definition) is 2. The van der Waals surface area contributed by atoms with Gasteiger partial charge in [-0.2, -0.15) is 0 Å². The summed E-state index contributed by atoms with van der Waals surface area (Å²) in [5.41, 5.74) is 0.616. The Morgan fingerprint density at radius 3 is 2.60 bits per heavy atom. The first kappa shape index (κ1) is 12.4. The Bertz CT molecular complexity index is 257. The quantitative estimate of drug-likeness (QED) is 0.724. The largest absolute Gasteiger partial charge is 0.392 e. The van der Waals surface area contributed by atoms with Gasteiger partial charge in [0.05, 0.1) is 11.5 Å². The van der Waals surface area contributed by atoms with Gasteiger partial charge in [0.1, 0.15) is 5.78 Å². The molecule has 0 aromatic carbocycles. The highest BCUT2D eigenvalue weighted by molar-refractivity contribution is 5.83. The molecule has 86 valence electrons. The molecule has 2 heteroatoms. The molecule has 0 aromatic heterocycles. The molecule has 1 fully saturated rings. The van der Waals surface area contributed by atoms with Gasteiger partial charge >= 0.3 is 0 Å². The standard InChI is InChI=1S/C13H22O2/c1-10(2)7-9-13(11(3)14)8-5-4-6-12(13)15/h12,15H,1,4-9H2,2-3H3/t12-,13+/m1/s1. The maximum atomic E-state index is 11.8. The van der Waals surface area contributed by atoms with Crippen molar-refractivity contribution in [3.05, 3.63) is 12.2 Å². The number of Topliss-reactive ketones (excluding diaryl/α,β-unsaturated/α-hetero) is 1. The van der Waals surface area contributed by atoms with Crippen molar-refractivity contribution >= 4 is 5.78 Å². The van der Waals surface area contributed by atoms with Crippen molar-refractivity contribution in [3.63, 3.8) is 0 Å². The molecule has 0 heterocycles. The molecular formula is C13H22O2. The topological polar surface area (TPSA) is 37.3 Å². The van der Waals surface area contributed by atoms with Crippen LogP contribution in [0.2, 0.25) is 0 Å². The Hall–Kier alpha value is -0.630. The molecule has 0 unspecified atom stereocenters. The van der Waals surface area contributed by atoms with Crippen LogP contribution in [0.15, 0.2) is 12.2 Å². The molecule has 0 spiro atoms. The van der Waals surface area contributed by atoms with E-state index >= 15 is 0 Å². The SMILES string of the molecule is C=C(C)CC[C@]1(C(C)=O)CCCC[C@H]1O. The van der Waals surface area contributed by atoms with E-state index < -0.39 is 11.5 Å². The summed E-state index contributed by atoms with van der Waals surface area (Å²) in [5.74, 6) is 0.149. The third-order valence-corrected chi connectivity index (χ3v) is 3.69. The summed E-state index contributed by atoms with van der Waals surface area (Å²) in [7, 11) is 0. The maximum Gasteiger partial charge on any atom is 0.138 e. The molecule has 0 amide bonds. The van der Waals surface area contributed by atoms with E-state index in [-0.39, 0.29) is 5.78 Å². The van der Waals surface area contributed by atoms with Gasteiger partial charge in [0.2, 0.25) is 0 Å². The zero-order chi connectivity index (χ0) is 11.5. The number of allylic oxidation sites excluding steroid dienone is 1. The van der Waals surface area contributed by atoms with Crippen molar-refractivity contribution in [3.8, 4) is 0 Å². The van der Waals surface area contributed by atoms with E-state index in [1.54, 1.807) is 6.92 Å². The molecule has 1 saturated carbocycles. The Morgan fingerprint density at radius 1 is 1.47 bits per heavy atom. The summed E-state index contributed by atoms with van der Waals surface area (Å²) in [4.78, 5) is 11.8. The van der Waals surface area contributed by atoms with Crippen LogP contribution >= 0.6 is 0 Å². The van der Waals surface area contributed by atoms with Gasteiger partial charge in [-0.25, -0.2) is 0 Å². The smallest absolute Gasteiger partial charge is 0.138 e. The molecule has 0 aromatic rings. The van der Waals surface area contributed by atoms with Crippen LogP contribution in [0.25, 0.3) is 0 Å².